The van der Waals surface area contributed by atoms with Crippen molar-refractivity contribution in [1.82, 2.24) is 0 Å². The largest absolute Gasteiger partial charge is 0.491 e. The van der Waals surface area contributed by atoms with E-state index in [4.69, 9.17) is 4.74 Å². The van der Waals surface area contributed by atoms with Crippen molar-refractivity contribution in [2.45, 2.75) is 96.0 Å². The van der Waals surface area contributed by atoms with Gasteiger partial charge in [-0.3, -0.25) is 0 Å². The van der Waals surface area contributed by atoms with E-state index < -0.39 is 17.7 Å². The molecular formula is C30H39F3O2. The van der Waals surface area contributed by atoms with E-state index in [-0.39, 0.29) is 17.3 Å². The molecule has 4 rings (SSSR count). The molecule has 2 saturated carbocycles. The maximum atomic E-state index is 14.9. The van der Waals surface area contributed by atoms with Crippen LogP contribution >= 0.6 is 0 Å². The summed E-state index contributed by atoms with van der Waals surface area (Å²) in [5.41, 5.74) is 1.61. The molecule has 0 amide bonds. The molecule has 2 fully saturated rings. The second-order valence-electron chi connectivity index (χ2n) is 10.5. The normalized spacial score (nSPS) is 25.9. The lowest BCUT2D eigenvalue weighted by atomic mass is 9.67. The van der Waals surface area contributed by atoms with Crippen LogP contribution in [0.1, 0.15) is 113 Å². The molecule has 1 N–H and O–H groups in total. The lowest BCUT2D eigenvalue weighted by molar-refractivity contribution is 0.160. The summed E-state index contributed by atoms with van der Waals surface area (Å²) >= 11 is 0. The molecule has 2 aliphatic carbocycles. The van der Waals surface area contributed by atoms with Crippen LogP contribution in [-0.2, 0) is 0 Å². The summed E-state index contributed by atoms with van der Waals surface area (Å²) in [6.45, 7) is 4.22. The van der Waals surface area contributed by atoms with Gasteiger partial charge < -0.3 is 9.84 Å². The molecule has 2 aromatic rings. The fourth-order valence-electron chi connectivity index (χ4n) is 6.45. The number of ether oxygens (including phenoxy) is 1. The van der Waals surface area contributed by atoms with Gasteiger partial charge in [0.05, 0.1) is 12.7 Å². The number of halogens is 3. The van der Waals surface area contributed by atoms with Crippen LogP contribution in [0.3, 0.4) is 0 Å². The highest BCUT2D eigenvalue weighted by Gasteiger charge is 2.33. The highest BCUT2D eigenvalue weighted by atomic mass is 19.2. The molecule has 192 valence electrons. The van der Waals surface area contributed by atoms with Crippen molar-refractivity contribution in [2.75, 3.05) is 6.61 Å². The molecule has 0 bridgehead atoms. The van der Waals surface area contributed by atoms with E-state index in [1.165, 1.54) is 0 Å². The van der Waals surface area contributed by atoms with Gasteiger partial charge in [-0.1, -0.05) is 31.5 Å². The van der Waals surface area contributed by atoms with Crippen molar-refractivity contribution in [3.05, 3.63) is 64.5 Å². The number of hydrogen-bond acceptors (Lipinski definition) is 2. The van der Waals surface area contributed by atoms with Crippen molar-refractivity contribution in [3.8, 4) is 5.75 Å². The third kappa shape index (κ3) is 5.87. The third-order valence-electron chi connectivity index (χ3n) is 8.44. The van der Waals surface area contributed by atoms with E-state index in [1.54, 1.807) is 24.3 Å². The number of hydrogen-bond donors (Lipinski definition) is 1. The molecular weight excluding hydrogens is 449 g/mol. The Morgan fingerprint density at radius 1 is 0.829 bits per heavy atom. The summed E-state index contributed by atoms with van der Waals surface area (Å²) in [6, 6.07) is 8.66. The van der Waals surface area contributed by atoms with E-state index in [0.29, 0.717) is 48.5 Å². The van der Waals surface area contributed by atoms with Crippen LogP contribution < -0.4 is 4.74 Å². The van der Waals surface area contributed by atoms with Gasteiger partial charge in [-0.2, -0.15) is 0 Å². The second-order valence-corrected chi connectivity index (χ2v) is 10.5. The first-order valence-electron chi connectivity index (χ1n) is 13.5. The Kier molecular flexibility index (Phi) is 8.80. The van der Waals surface area contributed by atoms with Crippen molar-refractivity contribution < 1.29 is 23.0 Å². The van der Waals surface area contributed by atoms with Crippen LogP contribution in [0.15, 0.2) is 30.3 Å². The average molecular weight is 489 g/mol. The molecule has 1 unspecified atom stereocenters. The number of aliphatic hydroxyl groups excluding tert-OH is 1. The van der Waals surface area contributed by atoms with Gasteiger partial charge in [0.1, 0.15) is 0 Å². The van der Waals surface area contributed by atoms with E-state index in [0.717, 1.165) is 56.9 Å². The van der Waals surface area contributed by atoms with Crippen molar-refractivity contribution in [1.29, 1.82) is 0 Å². The Hall–Kier alpha value is -2.01. The molecule has 0 spiro atoms. The minimum atomic E-state index is -0.950. The smallest absolute Gasteiger partial charge is 0.165 e. The Labute approximate surface area is 207 Å². The van der Waals surface area contributed by atoms with Crippen LogP contribution in [0.2, 0.25) is 0 Å². The molecule has 0 radical (unpaired) electrons. The number of benzene rings is 2. The molecule has 0 aromatic heterocycles. The van der Waals surface area contributed by atoms with Gasteiger partial charge in [0.15, 0.2) is 23.2 Å². The van der Waals surface area contributed by atoms with Crippen molar-refractivity contribution >= 4 is 0 Å². The standard InChI is InChI=1S/C30H39F3O2/c1-3-5-27(34)25-16-15-24(29(32)30(25)33)22-12-10-20(11-13-22)19-6-8-21(9-7-19)23-14-17-28(35-4-2)26(31)18-23/h14-22,27,34H,3-13H2,1-2H3. The minimum absolute atomic E-state index is 0.0429. The maximum absolute atomic E-state index is 14.9. The molecule has 0 heterocycles. The van der Waals surface area contributed by atoms with Gasteiger partial charge in [-0.05, 0) is 112 Å². The summed E-state index contributed by atoms with van der Waals surface area (Å²) in [5.74, 6) is 0.119. The first-order valence-corrected chi connectivity index (χ1v) is 13.5. The predicted molar refractivity (Wildman–Crippen MR) is 133 cm³/mol. The van der Waals surface area contributed by atoms with Crippen molar-refractivity contribution in [2.24, 2.45) is 11.8 Å². The summed E-state index contributed by atoms with van der Waals surface area (Å²) in [6.07, 6.45) is 8.45. The van der Waals surface area contributed by atoms with Crippen LogP contribution in [0.4, 0.5) is 13.2 Å². The quantitative estimate of drug-likeness (QED) is 0.403. The van der Waals surface area contributed by atoms with Crippen molar-refractivity contribution in [3.63, 3.8) is 0 Å². The topological polar surface area (TPSA) is 29.5 Å². The molecule has 1 atom stereocenters. The summed E-state index contributed by atoms with van der Waals surface area (Å²) in [4.78, 5) is 0. The van der Waals surface area contributed by atoms with Gasteiger partial charge in [0.25, 0.3) is 0 Å². The molecule has 2 aliphatic rings. The van der Waals surface area contributed by atoms with Gasteiger partial charge >= 0.3 is 0 Å². The van der Waals surface area contributed by atoms with E-state index >= 15 is 0 Å². The lowest BCUT2D eigenvalue weighted by Gasteiger charge is -2.38. The zero-order valence-corrected chi connectivity index (χ0v) is 21.0. The Morgan fingerprint density at radius 2 is 1.46 bits per heavy atom. The predicted octanol–water partition coefficient (Wildman–Crippen LogP) is 8.58. The first-order chi connectivity index (χ1) is 16.9. The minimum Gasteiger partial charge on any atom is -0.491 e. The molecule has 2 aromatic carbocycles. The number of rotatable bonds is 8. The van der Waals surface area contributed by atoms with Gasteiger partial charge in [0, 0.05) is 5.56 Å². The summed E-state index contributed by atoms with van der Waals surface area (Å²) in [7, 11) is 0. The molecule has 35 heavy (non-hydrogen) atoms. The van der Waals surface area contributed by atoms with Crippen LogP contribution in [0.5, 0.6) is 5.75 Å². The summed E-state index contributed by atoms with van der Waals surface area (Å²) < 4.78 is 49.2. The van der Waals surface area contributed by atoms with Crippen LogP contribution in [0, 0.1) is 29.3 Å². The molecule has 2 nitrogen and oxygen atoms in total. The number of aliphatic hydroxyl groups is 1. The Bertz CT molecular complexity index is 976. The molecule has 0 saturated heterocycles. The zero-order chi connectivity index (χ0) is 24.9. The van der Waals surface area contributed by atoms with Gasteiger partial charge in [-0.15, -0.1) is 0 Å². The average Bonchev–Trinajstić information content (AvgIpc) is 2.87. The lowest BCUT2D eigenvalue weighted by Crippen LogP contribution is -2.25. The Morgan fingerprint density at radius 3 is 2.03 bits per heavy atom. The van der Waals surface area contributed by atoms with Gasteiger partial charge in [0.2, 0.25) is 0 Å². The zero-order valence-electron chi connectivity index (χ0n) is 21.0. The highest BCUT2D eigenvalue weighted by Crippen LogP contribution is 2.46. The van der Waals surface area contributed by atoms with Gasteiger partial charge in [-0.25, -0.2) is 13.2 Å². The van der Waals surface area contributed by atoms with E-state index in [2.05, 4.69) is 0 Å². The molecule has 5 heteroatoms. The van der Waals surface area contributed by atoms with Crippen LogP contribution in [0.25, 0.3) is 0 Å². The van der Waals surface area contributed by atoms with Crippen LogP contribution in [-0.4, -0.2) is 11.7 Å². The highest BCUT2D eigenvalue weighted by molar-refractivity contribution is 5.32. The maximum Gasteiger partial charge on any atom is 0.165 e. The first kappa shape index (κ1) is 26.1. The monoisotopic (exact) mass is 488 g/mol. The molecule has 0 aliphatic heterocycles. The second kappa shape index (κ2) is 11.8. The Balaban J connectivity index is 1.31. The van der Waals surface area contributed by atoms with E-state index in [9.17, 15) is 18.3 Å². The van der Waals surface area contributed by atoms with E-state index in [1.807, 2.05) is 19.9 Å². The SMILES string of the molecule is CCCC(O)c1ccc(C2CCC(C3CCC(c4ccc(OCC)c(F)c4)CC3)CC2)c(F)c1F. The summed E-state index contributed by atoms with van der Waals surface area (Å²) in [5, 5.41) is 10.1. The fourth-order valence-corrected chi connectivity index (χ4v) is 6.45. The fraction of sp³-hybridized carbons (Fsp3) is 0.600. The third-order valence-corrected chi connectivity index (χ3v) is 8.44.